The molecule has 0 bridgehead atoms. The van der Waals surface area contributed by atoms with Crippen LogP contribution in [0, 0.1) is 5.92 Å². The van der Waals surface area contributed by atoms with E-state index in [4.69, 9.17) is 4.74 Å². The number of hydrogen-bond acceptors (Lipinski definition) is 4. The van der Waals surface area contributed by atoms with Gasteiger partial charge >= 0.3 is 5.97 Å². The molecular weight excluding hydrogens is 366 g/mol. The summed E-state index contributed by atoms with van der Waals surface area (Å²) in [4.78, 5) is 35.5. The van der Waals surface area contributed by atoms with Gasteiger partial charge < -0.3 is 10.1 Å². The van der Waals surface area contributed by atoms with Crippen LogP contribution in [-0.2, 0) is 14.3 Å². The van der Waals surface area contributed by atoms with Gasteiger partial charge in [0.15, 0.2) is 0 Å². The minimum absolute atomic E-state index is 0.199. The lowest BCUT2D eigenvalue weighted by Gasteiger charge is -2.10. The maximum absolute atomic E-state index is 12.2. The van der Waals surface area contributed by atoms with E-state index in [9.17, 15) is 14.4 Å². The van der Waals surface area contributed by atoms with Crippen LogP contribution in [0.1, 0.15) is 95.3 Å². The zero-order chi connectivity index (χ0) is 21.5. The third-order valence-electron chi connectivity index (χ3n) is 5.10. The van der Waals surface area contributed by atoms with E-state index in [-0.39, 0.29) is 11.7 Å². The monoisotopic (exact) mass is 403 g/mol. The smallest absolute Gasteiger partial charge is 0.338 e. The van der Waals surface area contributed by atoms with E-state index < -0.39 is 11.9 Å². The van der Waals surface area contributed by atoms with Crippen molar-refractivity contribution in [1.82, 2.24) is 0 Å². The number of Topliss-reactive ketones (excluding diaryl/α,β-unsaturated/α-hetero) is 1. The first-order chi connectivity index (χ1) is 14.0. The lowest BCUT2D eigenvalue weighted by Crippen LogP contribution is -2.25. The number of ether oxygens (including phenoxy) is 1. The fourth-order valence-corrected chi connectivity index (χ4v) is 3.00. The zero-order valence-corrected chi connectivity index (χ0v) is 18.3. The van der Waals surface area contributed by atoms with Gasteiger partial charge in [-0.2, -0.15) is 0 Å². The molecule has 0 radical (unpaired) electrons. The van der Waals surface area contributed by atoms with Crippen molar-refractivity contribution in [2.45, 2.75) is 85.0 Å². The van der Waals surface area contributed by atoms with Gasteiger partial charge in [-0.25, -0.2) is 4.79 Å². The highest BCUT2D eigenvalue weighted by molar-refractivity contribution is 6.06. The van der Waals surface area contributed by atoms with Gasteiger partial charge in [0.05, 0.1) is 18.1 Å². The van der Waals surface area contributed by atoms with Gasteiger partial charge in [-0.1, -0.05) is 70.8 Å². The van der Waals surface area contributed by atoms with Crippen molar-refractivity contribution < 1.29 is 19.1 Å². The Balaban J connectivity index is 2.23. The van der Waals surface area contributed by atoms with Gasteiger partial charge in [-0.05, 0) is 38.5 Å². The van der Waals surface area contributed by atoms with E-state index in [1.54, 1.807) is 31.2 Å². The van der Waals surface area contributed by atoms with Gasteiger partial charge in [0.25, 0.3) is 0 Å². The van der Waals surface area contributed by atoms with Crippen molar-refractivity contribution in [3.63, 3.8) is 0 Å². The minimum atomic E-state index is -0.720. The maximum Gasteiger partial charge on any atom is 0.338 e. The van der Waals surface area contributed by atoms with E-state index in [0.29, 0.717) is 17.9 Å². The Morgan fingerprint density at radius 2 is 1.52 bits per heavy atom. The third kappa shape index (κ3) is 10.8. The molecule has 0 heterocycles. The van der Waals surface area contributed by atoms with Crippen LogP contribution >= 0.6 is 0 Å². The summed E-state index contributed by atoms with van der Waals surface area (Å²) in [6.45, 7) is 5.58. The Labute approximate surface area is 175 Å². The molecule has 0 saturated heterocycles. The Morgan fingerprint density at radius 3 is 2.10 bits per heavy atom. The summed E-state index contributed by atoms with van der Waals surface area (Å²) >= 11 is 0. The third-order valence-corrected chi connectivity index (χ3v) is 5.10. The molecule has 1 atom stereocenters. The normalized spacial score (nSPS) is 11.7. The molecule has 1 rings (SSSR count). The van der Waals surface area contributed by atoms with Crippen LogP contribution in [0.15, 0.2) is 24.3 Å². The van der Waals surface area contributed by atoms with Gasteiger partial charge in [-0.15, -0.1) is 0 Å². The number of esters is 1. The number of rotatable bonds is 15. The number of amides is 1. The molecule has 1 amide bonds. The second kappa shape index (κ2) is 14.8. The van der Waals surface area contributed by atoms with Crippen LogP contribution in [-0.4, -0.2) is 24.3 Å². The summed E-state index contributed by atoms with van der Waals surface area (Å²) in [6, 6.07) is 6.60. The average molecular weight is 404 g/mol. The molecule has 5 heteroatoms. The summed E-state index contributed by atoms with van der Waals surface area (Å²) in [5.41, 5.74) is 0.877. The standard InChI is InChI=1S/C24H37NO4/c1-4-5-6-7-8-9-10-11-12-13-17-29-24(28)21-15-14-16-22(18-21)25-23(27)19(2)20(3)26/h14-16,18-19H,4-13,17H2,1-3H3,(H,25,27). The number of nitrogens with one attached hydrogen (secondary N) is 1. The molecule has 0 aliphatic rings. The molecule has 162 valence electrons. The molecule has 1 unspecified atom stereocenters. The molecule has 0 aliphatic heterocycles. The lowest BCUT2D eigenvalue weighted by molar-refractivity contribution is -0.129. The number of carbonyl (C=O) groups is 3. The van der Waals surface area contributed by atoms with Crippen molar-refractivity contribution in [3.05, 3.63) is 29.8 Å². The minimum Gasteiger partial charge on any atom is -0.462 e. The molecule has 0 fully saturated rings. The molecule has 0 aromatic heterocycles. The van der Waals surface area contributed by atoms with E-state index in [1.807, 2.05) is 0 Å². The highest BCUT2D eigenvalue weighted by atomic mass is 16.5. The first kappa shape index (κ1) is 24.9. The van der Waals surface area contributed by atoms with Gasteiger partial charge in [-0.3, -0.25) is 9.59 Å². The number of anilines is 1. The Morgan fingerprint density at radius 1 is 0.931 bits per heavy atom. The lowest BCUT2D eigenvalue weighted by atomic mass is 10.1. The number of ketones is 1. The predicted octanol–water partition coefficient (Wildman–Crippen LogP) is 5.93. The first-order valence-corrected chi connectivity index (χ1v) is 11.0. The van der Waals surface area contributed by atoms with E-state index in [0.717, 1.165) is 12.8 Å². The van der Waals surface area contributed by atoms with Crippen molar-refractivity contribution in [1.29, 1.82) is 0 Å². The van der Waals surface area contributed by atoms with Crippen LogP contribution in [0.2, 0.25) is 0 Å². The second-order valence-corrected chi connectivity index (χ2v) is 7.72. The molecule has 1 aromatic carbocycles. The van der Waals surface area contributed by atoms with E-state index in [2.05, 4.69) is 12.2 Å². The summed E-state index contributed by atoms with van der Waals surface area (Å²) in [5.74, 6) is -1.69. The van der Waals surface area contributed by atoms with Crippen molar-refractivity contribution >= 4 is 23.3 Å². The highest BCUT2D eigenvalue weighted by Gasteiger charge is 2.18. The van der Waals surface area contributed by atoms with Crippen LogP contribution < -0.4 is 5.32 Å². The predicted molar refractivity (Wildman–Crippen MR) is 117 cm³/mol. The zero-order valence-electron chi connectivity index (χ0n) is 18.3. The SMILES string of the molecule is CCCCCCCCCCCCOC(=O)c1cccc(NC(=O)C(C)C(C)=O)c1. The summed E-state index contributed by atoms with van der Waals surface area (Å²) < 4.78 is 5.34. The fourth-order valence-electron chi connectivity index (χ4n) is 3.00. The molecule has 0 aliphatic carbocycles. The Hall–Kier alpha value is -2.17. The molecule has 1 aromatic rings. The van der Waals surface area contributed by atoms with Crippen molar-refractivity contribution in [3.8, 4) is 0 Å². The average Bonchev–Trinajstić information content (AvgIpc) is 2.71. The summed E-state index contributed by atoms with van der Waals surface area (Å²) in [6.07, 6.45) is 12.3. The van der Waals surface area contributed by atoms with Crippen LogP contribution in [0.5, 0.6) is 0 Å². The highest BCUT2D eigenvalue weighted by Crippen LogP contribution is 2.14. The van der Waals surface area contributed by atoms with Crippen molar-refractivity contribution in [2.24, 2.45) is 5.92 Å². The number of benzene rings is 1. The van der Waals surface area contributed by atoms with E-state index in [1.165, 1.54) is 58.3 Å². The van der Waals surface area contributed by atoms with Crippen LogP contribution in [0.25, 0.3) is 0 Å². The summed E-state index contributed by atoms with van der Waals surface area (Å²) in [5, 5.41) is 2.66. The molecule has 0 saturated carbocycles. The quantitative estimate of drug-likeness (QED) is 0.224. The maximum atomic E-state index is 12.2. The first-order valence-electron chi connectivity index (χ1n) is 11.0. The van der Waals surface area contributed by atoms with Crippen LogP contribution in [0.4, 0.5) is 5.69 Å². The van der Waals surface area contributed by atoms with Gasteiger partial charge in [0.1, 0.15) is 5.78 Å². The van der Waals surface area contributed by atoms with E-state index >= 15 is 0 Å². The molecule has 5 nitrogen and oxygen atoms in total. The van der Waals surface area contributed by atoms with Crippen molar-refractivity contribution in [2.75, 3.05) is 11.9 Å². The van der Waals surface area contributed by atoms with Crippen LogP contribution in [0.3, 0.4) is 0 Å². The molecule has 0 spiro atoms. The Kier molecular flexibility index (Phi) is 12.7. The summed E-state index contributed by atoms with van der Waals surface area (Å²) in [7, 11) is 0. The second-order valence-electron chi connectivity index (χ2n) is 7.72. The molecule has 1 N–H and O–H groups in total. The van der Waals surface area contributed by atoms with Gasteiger partial charge in [0, 0.05) is 5.69 Å². The number of unbranched alkanes of at least 4 members (excludes halogenated alkanes) is 9. The molecular formula is C24H37NO4. The fraction of sp³-hybridized carbons (Fsp3) is 0.625. The number of hydrogen-bond donors (Lipinski definition) is 1. The molecule has 29 heavy (non-hydrogen) atoms. The Bertz CT molecular complexity index is 642. The topological polar surface area (TPSA) is 72.5 Å². The van der Waals surface area contributed by atoms with Gasteiger partial charge in [0.2, 0.25) is 5.91 Å². The number of carbonyl (C=O) groups excluding carboxylic acids is 3. The largest absolute Gasteiger partial charge is 0.462 e.